The average Bonchev–Trinajstić information content (AvgIpc) is 3.13. The molecule has 1 saturated heterocycles. The number of ether oxygens (including phenoxy) is 1. The SMILES string of the molecule is COc1cccc(N(C(C)C(=O)Nc2ccc(N3CCCC3=O)cc2)S(C)(=O)=O)c1. The summed E-state index contributed by atoms with van der Waals surface area (Å²) in [6.45, 7) is 2.21. The molecule has 0 radical (unpaired) electrons. The molecule has 1 aliphatic rings. The minimum Gasteiger partial charge on any atom is -0.497 e. The van der Waals surface area contributed by atoms with Crippen molar-refractivity contribution in [2.24, 2.45) is 0 Å². The first-order chi connectivity index (χ1) is 14.2. The van der Waals surface area contributed by atoms with Gasteiger partial charge in [-0.1, -0.05) is 6.07 Å². The molecule has 3 rings (SSSR count). The van der Waals surface area contributed by atoms with Crippen molar-refractivity contribution in [3.05, 3.63) is 48.5 Å². The summed E-state index contributed by atoms with van der Waals surface area (Å²) in [5.41, 5.74) is 1.63. The van der Waals surface area contributed by atoms with Crippen molar-refractivity contribution in [2.75, 3.05) is 34.4 Å². The van der Waals surface area contributed by atoms with Crippen LogP contribution in [0.3, 0.4) is 0 Å². The van der Waals surface area contributed by atoms with Gasteiger partial charge in [0, 0.05) is 30.4 Å². The topological polar surface area (TPSA) is 96.0 Å². The van der Waals surface area contributed by atoms with Crippen LogP contribution in [-0.4, -0.2) is 46.2 Å². The number of nitrogens with zero attached hydrogens (tertiary/aromatic N) is 2. The molecule has 0 aromatic heterocycles. The van der Waals surface area contributed by atoms with Gasteiger partial charge in [0.25, 0.3) is 0 Å². The third-order valence-corrected chi connectivity index (χ3v) is 6.16. The molecule has 0 aliphatic carbocycles. The van der Waals surface area contributed by atoms with Gasteiger partial charge >= 0.3 is 0 Å². The Morgan fingerprint density at radius 2 is 1.90 bits per heavy atom. The lowest BCUT2D eigenvalue weighted by Gasteiger charge is -2.28. The maximum Gasteiger partial charge on any atom is 0.247 e. The van der Waals surface area contributed by atoms with E-state index in [0.717, 1.165) is 22.7 Å². The molecule has 1 atom stereocenters. The lowest BCUT2D eigenvalue weighted by atomic mass is 10.2. The summed E-state index contributed by atoms with van der Waals surface area (Å²) in [6, 6.07) is 12.5. The number of carbonyl (C=O) groups is 2. The second kappa shape index (κ2) is 8.74. The van der Waals surface area contributed by atoms with E-state index < -0.39 is 22.0 Å². The van der Waals surface area contributed by atoms with E-state index in [4.69, 9.17) is 4.74 Å². The van der Waals surface area contributed by atoms with Crippen LogP contribution in [0.2, 0.25) is 0 Å². The monoisotopic (exact) mass is 431 g/mol. The van der Waals surface area contributed by atoms with Gasteiger partial charge in [-0.15, -0.1) is 0 Å². The van der Waals surface area contributed by atoms with E-state index in [1.807, 2.05) is 0 Å². The summed E-state index contributed by atoms with van der Waals surface area (Å²) in [7, 11) is -2.25. The Morgan fingerprint density at radius 1 is 1.20 bits per heavy atom. The molecular weight excluding hydrogens is 406 g/mol. The number of methoxy groups -OCH3 is 1. The predicted molar refractivity (Wildman–Crippen MR) is 116 cm³/mol. The molecule has 1 heterocycles. The first kappa shape index (κ1) is 21.6. The average molecular weight is 432 g/mol. The molecule has 8 nitrogen and oxygen atoms in total. The Kier molecular flexibility index (Phi) is 6.31. The number of sulfonamides is 1. The highest BCUT2D eigenvalue weighted by Gasteiger charge is 2.29. The van der Waals surface area contributed by atoms with Crippen LogP contribution in [0.25, 0.3) is 0 Å². The van der Waals surface area contributed by atoms with Crippen LogP contribution >= 0.6 is 0 Å². The molecular formula is C21H25N3O5S. The molecule has 2 aromatic carbocycles. The third kappa shape index (κ3) is 4.73. The molecule has 1 aliphatic heterocycles. The first-order valence-corrected chi connectivity index (χ1v) is 11.4. The normalized spacial score (nSPS) is 15.0. The number of rotatable bonds is 7. The molecule has 1 fully saturated rings. The van der Waals surface area contributed by atoms with E-state index in [1.54, 1.807) is 53.4 Å². The van der Waals surface area contributed by atoms with Crippen molar-refractivity contribution in [3.8, 4) is 5.75 Å². The minimum absolute atomic E-state index is 0.0856. The van der Waals surface area contributed by atoms with Crippen LogP contribution in [0.1, 0.15) is 19.8 Å². The molecule has 2 aromatic rings. The van der Waals surface area contributed by atoms with Crippen LogP contribution in [0.5, 0.6) is 5.75 Å². The van der Waals surface area contributed by atoms with Crippen molar-refractivity contribution >= 4 is 38.9 Å². The minimum atomic E-state index is -3.73. The molecule has 2 amide bonds. The number of hydrogen-bond acceptors (Lipinski definition) is 5. The van der Waals surface area contributed by atoms with Gasteiger partial charge < -0.3 is 15.0 Å². The van der Waals surface area contributed by atoms with Gasteiger partial charge in [-0.2, -0.15) is 0 Å². The number of benzene rings is 2. The molecule has 0 saturated carbocycles. The number of carbonyl (C=O) groups excluding carboxylic acids is 2. The van der Waals surface area contributed by atoms with Gasteiger partial charge in [0.2, 0.25) is 21.8 Å². The van der Waals surface area contributed by atoms with Gasteiger partial charge in [0.05, 0.1) is 19.1 Å². The standard InChI is InChI=1S/C21H25N3O5S/c1-15(24(30(3,27)28)18-6-4-7-19(14-18)29-2)21(26)22-16-9-11-17(12-10-16)23-13-5-8-20(23)25/h4,6-7,9-12,14-15H,5,8,13H2,1-3H3,(H,22,26). The number of anilines is 3. The van der Waals surface area contributed by atoms with Crippen molar-refractivity contribution in [1.29, 1.82) is 0 Å². The summed E-state index contributed by atoms with van der Waals surface area (Å²) in [5, 5.41) is 2.74. The largest absolute Gasteiger partial charge is 0.497 e. The molecule has 1 N–H and O–H groups in total. The summed E-state index contributed by atoms with van der Waals surface area (Å²) >= 11 is 0. The van der Waals surface area contributed by atoms with Crippen molar-refractivity contribution in [3.63, 3.8) is 0 Å². The Labute approximate surface area is 176 Å². The Morgan fingerprint density at radius 3 is 2.47 bits per heavy atom. The van der Waals surface area contributed by atoms with Gasteiger partial charge in [0.1, 0.15) is 11.8 Å². The highest BCUT2D eigenvalue weighted by molar-refractivity contribution is 7.92. The summed E-state index contributed by atoms with van der Waals surface area (Å²) in [4.78, 5) is 26.4. The van der Waals surface area contributed by atoms with E-state index >= 15 is 0 Å². The zero-order valence-electron chi connectivity index (χ0n) is 17.2. The number of amides is 2. The predicted octanol–water partition coefficient (Wildman–Crippen LogP) is 2.62. The maximum atomic E-state index is 12.8. The number of hydrogen-bond donors (Lipinski definition) is 1. The van der Waals surface area contributed by atoms with Gasteiger partial charge in [-0.3, -0.25) is 13.9 Å². The van der Waals surface area contributed by atoms with E-state index in [0.29, 0.717) is 30.1 Å². The van der Waals surface area contributed by atoms with Gasteiger partial charge in [-0.05, 0) is 49.7 Å². The molecule has 1 unspecified atom stereocenters. The Balaban J connectivity index is 1.77. The Bertz CT molecular complexity index is 1040. The zero-order valence-corrected chi connectivity index (χ0v) is 18.0. The summed E-state index contributed by atoms with van der Waals surface area (Å²) in [5.74, 6) is 0.0940. The fourth-order valence-electron chi connectivity index (χ4n) is 3.45. The molecule has 9 heteroatoms. The van der Waals surface area contributed by atoms with Crippen LogP contribution in [0, 0.1) is 0 Å². The van der Waals surface area contributed by atoms with Gasteiger partial charge in [0.15, 0.2) is 0 Å². The van der Waals surface area contributed by atoms with Crippen molar-refractivity contribution < 1.29 is 22.7 Å². The van der Waals surface area contributed by atoms with Crippen molar-refractivity contribution in [2.45, 2.75) is 25.8 Å². The van der Waals surface area contributed by atoms with E-state index in [2.05, 4.69) is 5.32 Å². The third-order valence-electron chi connectivity index (χ3n) is 4.92. The quantitative estimate of drug-likeness (QED) is 0.727. The van der Waals surface area contributed by atoms with Crippen LogP contribution in [-0.2, 0) is 19.6 Å². The fourth-order valence-corrected chi connectivity index (χ4v) is 4.62. The summed E-state index contributed by atoms with van der Waals surface area (Å²) < 4.78 is 31.1. The van der Waals surface area contributed by atoms with Crippen LogP contribution < -0.4 is 19.3 Å². The van der Waals surface area contributed by atoms with Crippen LogP contribution in [0.15, 0.2) is 48.5 Å². The van der Waals surface area contributed by atoms with Gasteiger partial charge in [-0.25, -0.2) is 8.42 Å². The summed E-state index contributed by atoms with van der Waals surface area (Å²) in [6.07, 6.45) is 2.43. The second-order valence-corrected chi connectivity index (χ2v) is 8.98. The smallest absolute Gasteiger partial charge is 0.247 e. The first-order valence-electron chi connectivity index (χ1n) is 9.55. The molecule has 30 heavy (non-hydrogen) atoms. The lowest BCUT2D eigenvalue weighted by molar-refractivity contribution is -0.117. The zero-order chi connectivity index (χ0) is 21.9. The van der Waals surface area contributed by atoms with E-state index in [1.165, 1.54) is 14.0 Å². The van der Waals surface area contributed by atoms with Crippen molar-refractivity contribution in [1.82, 2.24) is 0 Å². The number of nitrogens with one attached hydrogen (secondary N) is 1. The second-order valence-electron chi connectivity index (χ2n) is 7.12. The van der Waals surface area contributed by atoms with E-state index in [-0.39, 0.29) is 5.91 Å². The Hall–Kier alpha value is -3.07. The molecule has 160 valence electrons. The van der Waals surface area contributed by atoms with E-state index in [9.17, 15) is 18.0 Å². The lowest BCUT2D eigenvalue weighted by Crippen LogP contribution is -2.45. The van der Waals surface area contributed by atoms with Crippen LogP contribution in [0.4, 0.5) is 17.1 Å². The highest BCUT2D eigenvalue weighted by atomic mass is 32.2. The maximum absolute atomic E-state index is 12.8. The highest BCUT2D eigenvalue weighted by Crippen LogP contribution is 2.26. The molecule has 0 bridgehead atoms. The fraction of sp³-hybridized carbons (Fsp3) is 0.333. The molecule has 0 spiro atoms.